The second-order valence-corrected chi connectivity index (χ2v) is 4.65. The lowest BCUT2D eigenvalue weighted by molar-refractivity contribution is -0.121. The van der Waals surface area contributed by atoms with Gasteiger partial charge in [0.2, 0.25) is 5.91 Å². The first-order valence-corrected chi connectivity index (χ1v) is 6.31. The Morgan fingerprint density at radius 1 is 1.21 bits per heavy atom. The predicted octanol–water partition coefficient (Wildman–Crippen LogP) is 1.39. The van der Waals surface area contributed by atoms with Crippen molar-refractivity contribution in [2.45, 2.75) is 32.9 Å². The lowest BCUT2D eigenvalue weighted by Gasteiger charge is -2.09. The first-order chi connectivity index (χ1) is 8.99. The maximum absolute atomic E-state index is 11.4. The van der Waals surface area contributed by atoms with Crippen LogP contribution in [0.15, 0.2) is 24.3 Å². The molecule has 0 aliphatic rings. The zero-order valence-corrected chi connectivity index (χ0v) is 11.3. The van der Waals surface area contributed by atoms with E-state index in [4.69, 9.17) is 5.11 Å². The van der Waals surface area contributed by atoms with Crippen LogP contribution in [0, 0.1) is 0 Å². The monoisotopic (exact) mass is 264 g/mol. The Kier molecular flexibility index (Phi) is 6.02. The van der Waals surface area contributed by atoms with Crippen LogP contribution in [0.25, 0.3) is 0 Å². The zero-order chi connectivity index (χ0) is 14.3. The van der Waals surface area contributed by atoms with Crippen molar-refractivity contribution in [2.75, 3.05) is 6.54 Å². The Balaban J connectivity index is 2.26. The summed E-state index contributed by atoms with van der Waals surface area (Å²) in [6.07, 6.45) is 0.436. The van der Waals surface area contributed by atoms with Gasteiger partial charge < -0.3 is 15.7 Å². The first-order valence-electron chi connectivity index (χ1n) is 6.31. The third-order valence-corrected chi connectivity index (χ3v) is 2.51. The molecule has 5 nitrogen and oxygen atoms in total. The van der Waals surface area contributed by atoms with Gasteiger partial charge in [-0.25, -0.2) is 4.79 Å². The van der Waals surface area contributed by atoms with E-state index < -0.39 is 5.97 Å². The standard InChI is InChI=1S/C14H20N2O3/c1-10(2)16-13(17)7-8-15-9-11-3-5-12(6-4-11)14(18)19/h3-6,10,15H,7-9H2,1-2H3,(H,16,17)(H,18,19). The van der Waals surface area contributed by atoms with Gasteiger partial charge in [0.05, 0.1) is 5.56 Å². The molecule has 0 saturated heterocycles. The van der Waals surface area contributed by atoms with E-state index in [-0.39, 0.29) is 17.5 Å². The summed E-state index contributed by atoms with van der Waals surface area (Å²) in [4.78, 5) is 22.0. The highest BCUT2D eigenvalue weighted by molar-refractivity contribution is 5.87. The van der Waals surface area contributed by atoms with Gasteiger partial charge in [0, 0.05) is 25.6 Å². The normalized spacial score (nSPS) is 10.5. The fourth-order valence-corrected chi connectivity index (χ4v) is 1.59. The topological polar surface area (TPSA) is 78.4 Å². The number of hydrogen-bond acceptors (Lipinski definition) is 3. The van der Waals surface area contributed by atoms with Crippen LogP contribution in [-0.4, -0.2) is 29.6 Å². The molecule has 1 aromatic carbocycles. The van der Waals surface area contributed by atoms with Crippen LogP contribution in [0.4, 0.5) is 0 Å². The number of carbonyl (C=O) groups is 2. The molecule has 19 heavy (non-hydrogen) atoms. The molecule has 0 saturated carbocycles. The number of carboxylic acid groups (broad SMARTS) is 1. The van der Waals surface area contributed by atoms with E-state index in [9.17, 15) is 9.59 Å². The summed E-state index contributed by atoms with van der Waals surface area (Å²) in [5, 5.41) is 14.7. The van der Waals surface area contributed by atoms with Crippen LogP contribution in [-0.2, 0) is 11.3 Å². The van der Waals surface area contributed by atoms with Gasteiger partial charge >= 0.3 is 5.97 Å². The van der Waals surface area contributed by atoms with Gasteiger partial charge in [-0.15, -0.1) is 0 Å². The van der Waals surface area contributed by atoms with Gasteiger partial charge in [0.25, 0.3) is 0 Å². The molecule has 0 fully saturated rings. The van der Waals surface area contributed by atoms with Gasteiger partial charge in [0.1, 0.15) is 0 Å². The molecule has 0 aromatic heterocycles. The third kappa shape index (κ3) is 6.01. The Bertz CT molecular complexity index is 427. The molecule has 0 aliphatic carbocycles. The average Bonchev–Trinajstić information content (AvgIpc) is 2.34. The number of benzene rings is 1. The molecule has 1 rings (SSSR count). The highest BCUT2D eigenvalue weighted by Crippen LogP contribution is 2.04. The predicted molar refractivity (Wildman–Crippen MR) is 73.0 cm³/mol. The van der Waals surface area contributed by atoms with Crippen LogP contribution < -0.4 is 10.6 Å². The van der Waals surface area contributed by atoms with Gasteiger partial charge in [0.15, 0.2) is 0 Å². The van der Waals surface area contributed by atoms with Crippen molar-refractivity contribution in [3.8, 4) is 0 Å². The number of rotatable bonds is 7. The van der Waals surface area contributed by atoms with Crippen LogP contribution >= 0.6 is 0 Å². The Morgan fingerprint density at radius 2 is 1.84 bits per heavy atom. The molecule has 0 radical (unpaired) electrons. The Morgan fingerprint density at radius 3 is 2.37 bits per heavy atom. The summed E-state index contributed by atoms with van der Waals surface area (Å²) < 4.78 is 0. The molecule has 3 N–H and O–H groups in total. The molecule has 0 spiro atoms. The molecule has 1 aromatic rings. The van der Waals surface area contributed by atoms with Crippen LogP contribution in [0.5, 0.6) is 0 Å². The lowest BCUT2D eigenvalue weighted by Crippen LogP contribution is -2.32. The van der Waals surface area contributed by atoms with Gasteiger partial charge in [-0.2, -0.15) is 0 Å². The van der Waals surface area contributed by atoms with Gasteiger partial charge in [-0.05, 0) is 31.5 Å². The van der Waals surface area contributed by atoms with E-state index in [1.54, 1.807) is 24.3 Å². The van der Waals surface area contributed by atoms with E-state index in [0.717, 1.165) is 5.56 Å². The molecule has 0 heterocycles. The molecule has 0 bridgehead atoms. The summed E-state index contributed by atoms with van der Waals surface area (Å²) in [5.74, 6) is -0.895. The third-order valence-electron chi connectivity index (χ3n) is 2.51. The summed E-state index contributed by atoms with van der Waals surface area (Å²) in [6.45, 7) is 5.07. The molecule has 5 heteroatoms. The highest BCUT2D eigenvalue weighted by atomic mass is 16.4. The van der Waals surface area contributed by atoms with Crippen molar-refractivity contribution < 1.29 is 14.7 Å². The number of amides is 1. The average molecular weight is 264 g/mol. The SMILES string of the molecule is CC(C)NC(=O)CCNCc1ccc(C(=O)O)cc1. The maximum Gasteiger partial charge on any atom is 0.335 e. The van der Waals surface area contributed by atoms with E-state index >= 15 is 0 Å². The van der Waals surface area contributed by atoms with Crippen molar-refractivity contribution in [3.63, 3.8) is 0 Å². The zero-order valence-electron chi connectivity index (χ0n) is 11.3. The first kappa shape index (κ1) is 15.2. The molecular formula is C14H20N2O3. The van der Waals surface area contributed by atoms with E-state index in [1.165, 1.54) is 0 Å². The van der Waals surface area contributed by atoms with Crippen molar-refractivity contribution in [1.29, 1.82) is 0 Å². The summed E-state index contributed by atoms with van der Waals surface area (Å²) in [7, 11) is 0. The van der Waals surface area contributed by atoms with Gasteiger partial charge in [-0.1, -0.05) is 12.1 Å². The Hall–Kier alpha value is -1.88. The van der Waals surface area contributed by atoms with Gasteiger partial charge in [-0.3, -0.25) is 4.79 Å². The van der Waals surface area contributed by atoms with E-state index in [0.29, 0.717) is 19.5 Å². The summed E-state index contributed by atoms with van der Waals surface area (Å²) in [6, 6.07) is 6.85. The number of nitrogens with one attached hydrogen (secondary N) is 2. The minimum atomic E-state index is -0.926. The van der Waals surface area contributed by atoms with Crippen molar-refractivity contribution >= 4 is 11.9 Å². The van der Waals surface area contributed by atoms with Crippen molar-refractivity contribution in [3.05, 3.63) is 35.4 Å². The number of carbonyl (C=O) groups excluding carboxylic acids is 1. The summed E-state index contributed by atoms with van der Waals surface area (Å²) >= 11 is 0. The molecule has 0 unspecified atom stereocenters. The largest absolute Gasteiger partial charge is 0.478 e. The molecule has 0 atom stereocenters. The molecule has 0 aliphatic heterocycles. The highest BCUT2D eigenvalue weighted by Gasteiger charge is 2.03. The van der Waals surface area contributed by atoms with E-state index in [2.05, 4.69) is 10.6 Å². The second kappa shape index (κ2) is 7.53. The number of aromatic carboxylic acids is 1. The lowest BCUT2D eigenvalue weighted by atomic mass is 10.1. The minimum Gasteiger partial charge on any atom is -0.478 e. The number of carboxylic acids is 1. The van der Waals surface area contributed by atoms with Crippen molar-refractivity contribution in [1.82, 2.24) is 10.6 Å². The van der Waals surface area contributed by atoms with Crippen LogP contribution in [0.2, 0.25) is 0 Å². The van der Waals surface area contributed by atoms with Crippen molar-refractivity contribution in [2.24, 2.45) is 0 Å². The molecule has 104 valence electrons. The fourth-order valence-electron chi connectivity index (χ4n) is 1.59. The minimum absolute atomic E-state index is 0.0312. The van der Waals surface area contributed by atoms with E-state index in [1.807, 2.05) is 13.8 Å². The van der Waals surface area contributed by atoms with Crippen LogP contribution in [0.3, 0.4) is 0 Å². The summed E-state index contributed by atoms with van der Waals surface area (Å²) in [5.41, 5.74) is 1.27. The quantitative estimate of drug-likeness (QED) is 0.650. The number of hydrogen-bond donors (Lipinski definition) is 3. The second-order valence-electron chi connectivity index (χ2n) is 4.65. The Labute approximate surface area is 113 Å². The fraction of sp³-hybridized carbons (Fsp3) is 0.429. The van der Waals surface area contributed by atoms with Crippen LogP contribution in [0.1, 0.15) is 36.2 Å². The molecular weight excluding hydrogens is 244 g/mol. The molecule has 1 amide bonds. The maximum atomic E-state index is 11.4. The smallest absolute Gasteiger partial charge is 0.335 e.